The van der Waals surface area contributed by atoms with Crippen LogP contribution in [0.2, 0.25) is 0 Å². The van der Waals surface area contributed by atoms with E-state index in [0.29, 0.717) is 0 Å². The van der Waals surface area contributed by atoms with Gasteiger partial charge in [0.15, 0.2) is 0 Å². The molecule has 0 spiro atoms. The zero-order valence-corrected chi connectivity index (χ0v) is 13.2. The fourth-order valence-corrected chi connectivity index (χ4v) is 1.61. The van der Waals surface area contributed by atoms with Crippen LogP contribution in [0.1, 0.15) is 51.4 Å². The van der Waals surface area contributed by atoms with Gasteiger partial charge in [-0.25, -0.2) is 0 Å². The third kappa shape index (κ3) is 18.7. The van der Waals surface area contributed by atoms with Crippen molar-refractivity contribution in [3.63, 3.8) is 0 Å². The molecule has 1 N–H and O–H groups in total. The van der Waals surface area contributed by atoms with E-state index in [1.807, 2.05) is 6.08 Å². The molecule has 0 radical (unpaired) electrons. The first kappa shape index (κ1) is 19.5. The van der Waals surface area contributed by atoms with Gasteiger partial charge in [0, 0.05) is 6.54 Å². The Morgan fingerprint density at radius 3 is 2.12 bits per heavy atom. The average molecular weight is 249 g/mol. The summed E-state index contributed by atoms with van der Waals surface area (Å²) in [5.41, 5.74) is 0. The van der Waals surface area contributed by atoms with Gasteiger partial charge in [-0.3, -0.25) is 0 Å². The maximum atomic E-state index is 10.1. The minimum Gasteiger partial charge on any atom is -0.549 e. The molecule has 94 valence electrons. The summed E-state index contributed by atoms with van der Waals surface area (Å²) in [5, 5.41) is 12.9. The summed E-state index contributed by atoms with van der Waals surface area (Å²) in [5.74, 6) is -1.03. The fourth-order valence-electron chi connectivity index (χ4n) is 1.61. The molecule has 3 nitrogen and oxygen atoms in total. The Bertz CT molecular complexity index is 186. The van der Waals surface area contributed by atoms with E-state index in [0.717, 1.165) is 19.4 Å². The number of carboxylic acid groups (broad SMARTS) is 1. The van der Waals surface area contributed by atoms with E-state index in [2.05, 4.69) is 11.9 Å². The Kier molecular flexibility index (Phi) is 18.6. The normalized spacial score (nSPS) is 9.65. The molecular formula is C13H24NNaO2. The Hall–Kier alpha value is 0.170. The number of aliphatic carboxylic acids is 1. The third-order valence-corrected chi connectivity index (χ3v) is 2.53. The molecule has 0 amide bonds. The number of nitrogens with one attached hydrogen (secondary N) is 1. The maximum absolute atomic E-state index is 10.1. The second kappa shape index (κ2) is 16.2. The molecule has 0 aliphatic rings. The van der Waals surface area contributed by atoms with Gasteiger partial charge >= 0.3 is 29.6 Å². The zero-order chi connectivity index (χ0) is 12.1. The molecule has 0 aromatic carbocycles. The fraction of sp³-hybridized carbons (Fsp3) is 0.769. The smallest absolute Gasteiger partial charge is 0.549 e. The molecule has 17 heavy (non-hydrogen) atoms. The van der Waals surface area contributed by atoms with Gasteiger partial charge in [0.05, 0.1) is 5.97 Å². The molecule has 0 fully saturated rings. The summed E-state index contributed by atoms with van der Waals surface area (Å²) >= 11 is 0. The number of carbonyl (C=O) groups excluding carboxylic acids is 1. The Balaban J connectivity index is 0. The predicted molar refractivity (Wildman–Crippen MR) is 65.0 cm³/mol. The summed E-state index contributed by atoms with van der Waals surface area (Å²) in [6.45, 7) is 4.45. The van der Waals surface area contributed by atoms with Gasteiger partial charge in [-0.2, -0.15) is 0 Å². The molecule has 0 aromatic heterocycles. The van der Waals surface area contributed by atoms with Crippen LogP contribution >= 0.6 is 0 Å². The van der Waals surface area contributed by atoms with Crippen molar-refractivity contribution < 1.29 is 39.5 Å². The molecule has 0 atom stereocenters. The summed E-state index contributed by atoms with van der Waals surface area (Å²) in [7, 11) is 0. The van der Waals surface area contributed by atoms with Crippen LogP contribution in [-0.2, 0) is 4.79 Å². The molecule has 0 aliphatic heterocycles. The van der Waals surface area contributed by atoms with Crippen LogP contribution < -0.4 is 40.0 Å². The number of hydrogen-bond donors (Lipinski definition) is 1. The van der Waals surface area contributed by atoms with Gasteiger partial charge in [-0.15, -0.1) is 6.58 Å². The monoisotopic (exact) mass is 249 g/mol. The van der Waals surface area contributed by atoms with Gasteiger partial charge in [-0.1, -0.05) is 38.2 Å². The van der Waals surface area contributed by atoms with Crippen LogP contribution in [0.4, 0.5) is 0 Å². The Morgan fingerprint density at radius 1 is 1.06 bits per heavy atom. The average Bonchev–Trinajstić information content (AvgIpc) is 2.25. The van der Waals surface area contributed by atoms with E-state index in [4.69, 9.17) is 0 Å². The molecular weight excluding hydrogens is 225 g/mol. The zero-order valence-electron chi connectivity index (χ0n) is 11.2. The van der Waals surface area contributed by atoms with Crippen molar-refractivity contribution in [2.75, 3.05) is 13.1 Å². The van der Waals surface area contributed by atoms with Crippen LogP contribution in [0.5, 0.6) is 0 Å². The van der Waals surface area contributed by atoms with Crippen LogP contribution in [0.25, 0.3) is 0 Å². The first-order valence-electron chi connectivity index (χ1n) is 6.29. The van der Waals surface area contributed by atoms with Gasteiger partial charge in [0.1, 0.15) is 0 Å². The van der Waals surface area contributed by atoms with E-state index < -0.39 is 5.97 Å². The third-order valence-electron chi connectivity index (χ3n) is 2.53. The Labute approximate surface area is 127 Å². The van der Waals surface area contributed by atoms with Crippen molar-refractivity contribution in [3.8, 4) is 0 Å². The summed E-state index contributed by atoms with van der Waals surface area (Å²) in [6, 6.07) is 0. The standard InChI is InChI=1S/C13H25NO2.Na/c1-2-3-4-5-6-7-8-9-10-11-14-12-13(15)16;/h2,14H,1,3-12H2,(H,15,16);/q;+1/p-1. The summed E-state index contributed by atoms with van der Waals surface area (Å²) in [4.78, 5) is 10.1. The number of hydrogen-bond acceptors (Lipinski definition) is 3. The predicted octanol–water partition coefficient (Wildman–Crippen LogP) is -1.36. The van der Waals surface area contributed by atoms with Crippen LogP contribution in [0, 0.1) is 0 Å². The molecule has 0 aliphatic carbocycles. The van der Waals surface area contributed by atoms with E-state index in [1.54, 1.807) is 0 Å². The van der Waals surface area contributed by atoms with E-state index in [9.17, 15) is 9.90 Å². The van der Waals surface area contributed by atoms with Crippen molar-refractivity contribution in [1.29, 1.82) is 0 Å². The van der Waals surface area contributed by atoms with Gasteiger partial charge in [0.2, 0.25) is 0 Å². The molecule has 0 aromatic rings. The minimum atomic E-state index is -1.03. The molecule has 0 heterocycles. The van der Waals surface area contributed by atoms with Crippen LogP contribution in [0.15, 0.2) is 12.7 Å². The second-order valence-electron chi connectivity index (χ2n) is 4.10. The van der Waals surface area contributed by atoms with Crippen LogP contribution in [0.3, 0.4) is 0 Å². The van der Waals surface area contributed by atoms with Crippen molar-refractivity contribution >= 4 is 5.97 Å². The Morgan fingerprint density at radius 2 is 1.59 bits per heavy atom. The first-order valence-corrected chi connectivity index (χ1v) is 6.29. The number of unbranched alkanes of at least 4 members (excludes halogenated alkanes) is 7. The SMILES string of the molecule is C=CCCCCCCCCCNCC(=O)[O-].[Na+]. The van der Waals surface area contributed by atoms with Crippen molar-refractivity contribution in [1.82, 2.24) is 5.32 Å². The van der Waals surface area contributed by atoms with E-state index >= 15 is 0 Å². The van der Waals surface area contributed by atoms with E-state index in [1.165, 1.54) is 38.5 Å². The second-order valence-corrected chi connectivity index (χ2v) is 4.10. The van der Waals surface area contributed by atoms with Crippen molar-refractivity contribution in [3.05, 3.63) is 12.7 Å². The molecule has 4 heteroatoms. The van der Waals surface area contributed by atoms with Gasteiger partial charge < -0.3 is 15.2 Å². The number of carboxylic acids is 1. The molecule has 0 saturated heterocycles. The molecule has 0 unspecified atom stereocenters. The number of carbonyl (C=O) groups is 1. The van der Waals surface area contributed by atoms with Gasteiger partial charge in [-0.05, 0) is 25.8 Å². The summed E-state index contributed by atoms with van der Waals surface area (Å²) in [6.07, 6.45) is 11.8. The molecule has 0 saturated carbocycles. The van der Waals surface area contributed by atoms with E-state index in [-0.39, 0.29) is 36.1 Å². The topological polar surface area (TPSA) is 52.2 Å². The largest absolute Gasteiger partial charge is 1.00 e. The maximum Gasteiger partial charge on any atom is 1.00 e. The number of allylic oxidation sites excluding steroid dienone is 1. The van der Waals surface area contributed by atoms with Crippen LogP contribution in [-0.4, -0.2) is 19.1 Å². The molecule has 0 bridgehead atoms. The molecule has 0 rings (SSSR count). The first-order chi connectivity index (χ1) is 7.77. The van der Waals surface area contributed by atoms with Crippen molar-refractivity contribution in [2.45, 2.75) is 51.4 Å². The minimum absolute atomic E-state index is 0. The van der Waals surface area contributed by atoms with Gasteiger partial charge in [0.25, 0.3) is 0 Å². The number of rotatable bonds is 12. The van der Waals surface area contributed by atoms with Crippen molar-refractivity contribution in [2.24, 2.45) is 0 Å². The summed E-state index contributed by atoms with van der Waals surface area (Å²) < 4.78 is 0. The quantitative estimate of drug-likeness (QED) is 0.264.